The van der Waals surface area contributed by atoms with Crippen LogP contribution in [0.25, 0.3) is 6.08 Å². The van der Waals surface area contributed by atoms with Crippen LogP contribution in [-0.2, 0) is 10.3 Å². The monoisotopic (exact) mass is 790 g/mol. The summed E-state index contributed by atoms with van der Waals surface area (Å²) in [6.07, 6.45) is 6.55. The fourth-order valence-corrected chi connectivity index (χ4v) is 5.05. The van der Waals surface area contributed by atoms with Gasteiger partial charge in [-0.2, -0.15) is 0 Å². The summed E-state index contributed by atoms with van der Waals surface area (Å²) < 4.78 is 2.75. The first kappa shape index (κ1) is 28.8. The molecule has 0 saturated carbocycles. The average Bonchev–Trinajstić information content (AvgIpc) is 3.60. The molecule has 1 aliphatic rings. The third-order valence-electron chi connectivity index (χ3n) is 5.48. The lowest BCUT2D eigenvalue weighted by molar-refractivity contribution is -0.524. The third-order valence-corrected chi connectivity index (χ3v) is 9.05. The number of anilines is 1. The van der Waals surface area contributed by atoms with E-state index in [-0.39, 0.29) is 36.8 Å². The molecule has 204 valence electrons. The van der Waals surface area contributed by atoms with Crippen LogP contribution in [0.4, 0.5) is 5.95 Å². The lowest BCUT2D eigenvalue weighted by Gasteiger charge is -2.14. The Morgan fingerprint density at radius 3 is 1.97 bits per heavy atom. The number of amides is 3. The zero-order chi connectivity index (χ0) is 28.3. The highest BCUT2D eigenvalue weighted by Crippen LogP contribution is 2.24. The zero-order valence-electron chi connectivity index (χ0n) is 19.8. The summed E-state index contributed by atoms with van der Waals surface area (Å²) in [5, 5.41) is 8.07. The van der Waals surface area contributed by atoms with E-state index in [2.05, 4.69) is 105 Å². The SMILES string of the molecule is NC1=[NH+]C(/C=C/CNC(=O)c2cc(Br)c(Br)[nH]2)(c2[nH]c(N)[nH+]c2/C=C/CNC(=O)c2cc(Br)c(Br)[nH]2)C(=O)N1. The summed E-state index contributed by atoms with van der Waals surface area (Å²) in [7, 11) is 0. The molecule has 3 aromatic heterocycles. The maximum absolute atomic E-state index is 13.1. The molecule has 0 spiro atoms. The standard InChI is InChI=1S/C22H20Br4N10O3/c23-9-7-12(31-15(9)25)17(37)29-5-1-3-11-14(34-20(27)33-11)22(19(39)35-21(28)36-22)4-2-6-30-18(38)13-8-10(24)16(26)32-13/h1-4,7-8,31-32H,5-6H2,(H,29,37)(H,30,38)(H3,27,33,34)(H3,28,35,36,39)/p+2/b3-1+,4-2+. The number of carbonyl (C=O) groups excluding carboxylic acids is 3. The van der Waals surface area contributed by atoms with Crippen LogP contribution in [0.5, 0.6) is 0 Å². The van der Waals surface area contributed by atoms with Crippen molar-refractivity contribution in [1.82, 2.24) is 30.9 Å². The van der Waals surface area contributed by atoms with E-state index in [1.165, 1.54) is 0 Å². The fourth-order valence-electron chi connectivity index (χ4n) is 3.73. The summed E-state index contributed by atoms with van der Waals surface area (Å²) >= 11 is 13.2. The van der Waals surface area contributed by atoms with Gasteiger partial charge in [0.1, 0.15) is 17.1 Å². The van der Waals surface area contributed by atoms with Crippen LogP contribution < -0.4 is 37.4 Å². The highest BCUT2D eigenvalue weighted by Gasteiger charge is 2.51. The largest absolute Gasteiger partial charge is 0.351 e. The number of hydrogen-bond acceptors (Lipinski definition) is 5. The Bertz CT molecular complexity index is 1500. The topological polar surface area (TPSA) is 215 Å². The Kier molecular flexibility index (Phi) is 8.83. The van der Waals surface area contributed by atoms with E-state index in [0.717, 1.165) is 4.47 Å². The van der Waals surface area contributed by atoms with Crippen LogP contribution in [0.15, 0.2) is 48.5 Å². The number of aromatic nitrogens is 4. The van der Waals surface area contributed by atoms with E-state index in [0.29, 0.717) is 36.5 Å². The molecular formula is C22H22Br4N10O3+2. The molecule has 0 fully saturated rings. The number of H-pyrrole nitrogens is 4. The predicted molar refractivity (Wildman–Crippen MR) is 157 cm³/mol. The molecule has 1 aliphatic heterocycles. The number of nitrogens with two attached hydrogens (primary N) is 2. The number of hydrogen-bond donors (Lipinski definition) is 9. The molecule has 3 aromatic rings. The molecule has 4 heterocycles. The van der Waals surface area contributed by atoms with Gasteiger partial charge in [-0.1, -0.05) is 12.2 Å². The number of aromatic amines is 4. The minimum atomic E-state index is -1.45. The smallest absolute Gasteiger partial charge is 0.347 e. The third kappa shape index (κ3) is 6.37. The lowest BCUT2D eigenvalue weighted by Crippen LogP contribution is -2.84. The normalized spacial score (nSPS) is 17.1. The first-order valence-corrected chi connectivity index (χ1v) is 14.3. The van der Waals surface area contributed by atoms with E-state index in [9.17, 15) is 14.4 Å². The van der Waals surface area contributed by atoms with Crippen LogP contribution in [0.3, 0.4) is 0 Å². The van der Waals surface area contributed by atoms with Crippen molar-refractivity contribution in [2.75, 3.05) is 18.8 Å². The lowest BCUT2D eigenvalue weighted by atomic mass is 9.93. The molecule has 13 nitrogen and oxygen atoms in total. The van der Waals surface area contributed by atoms with Gasteiger partial charge in [-0.25, -0.2) is 15.3 Å². The van der Waals surface area contributed by atoms with Gasteiger partial charge in [0, 0.05) is 13.1 Å². The first-order chi connectivity index (χ1) is 18.5. The van der Waals surface area contributed by atoms with Gasteiger partial charge in [-0.3, -0.25) is 30.8 Å². The number of nitrogen functional groups attached to an aromatic ring is 1. The van der Waals surface area contributed by atoms with Gasteiger partial charge in [-0.05, 0) is 88.0 Å². The molecule has 1 unspecified atom stereocenters. The maximum Gasteiger partial charge on any atom is 0.351 e. The minimum Gasteiger partial charge on any atom is -0.347 e. The van der Waals surface area contributed by atoms with Crippen molar-refractivity contribution in [3.8, 4) is 0 Å². The Hall–Kier alpha value is -3.15. The zero-order valence-corrected chi connectivity index (χ0v) is 26.1. The summed E-state index contributed by atoms with van der Waals surface area (Å²) in [6, 6.07) is 3.29. The number of nitrogens with one attached hydrogen (secondary N) is 8. The quantitative estimate of drug-likeness (QED) is 0.139. The number of imidazole rings is 1. The van der Waals surface area contributed by atoms with Crippen LogP contribution in [0.2, 0.25) is 0 Å². The van der Waals surface area contributed by atoms with Gasteiger partial charge in [0.15, 0.2) is 5.69 Å². The number of guanidine groups is 1. The molecule has 0 radical (unpaired) electrons. The van der Waals surface area contributed by atoms with Crippen molar-refractivity contribution in [1.29, 1.82) is 0 Å². The van der Waals surface area contributed by atoms with Gasteiger partial charge >= 0.3 is 17.8 Å². The number of halogens is 4. The predicted octanol–water partition coefficient (Wildman–Crippen LogP) is 0.267. The Morgan fingerprint density at radius 1 is 0.923 bits per heavy atom. The minimum absolute atomic E-state index is 0.0494. The van der Waals surface area contributed by atoms with Crippen molar-refractivity contribution >= 4 is 99.4 Å². The summed E-state index contributed by atoms with van der Waals surface area (Å²) in [4.78, 5) is 52.5. The number of rotatable bonds is 9. The van der Waals surface area contributed by atoms with Crippen molar-refractivity contribution in [3.63, 3.8) is 0 Å². The Morgan fingerprint density at radius 2 is 1.49 bits per heavy atom. The van der Waals surface area contributed by atoms with Crippen LogP contribution in [0, 0.1) is 0 Å². The van der Waals surface area contributed by atoms with E-state index in [4.69, 9.17) is 11.5 Å². The Balaban J connectivity index is 1.49. The second-order valence-electron chi connectivity index (χ2n) is 8.17. The number of carbonyl (C=O) groups is 3. The van der Waals surface area contributed by atoms with E-state index < -0.39 is 11.4 Å². The van der Waals surface area contributed by atoms with Crippen molar-refractivity contribution in [2.45, 2.75) is 5.54 Å². The van der Waals surface area contributed by atoms with Crippen LogP contribution in [-0.4, -0.2) is 51.7 Å². The van der Waals surface area contributed by atoms with Gasteiger partial charge in [0.25, 0.3) is 17.4 Å². The highest BCUT2D eigenvalue weighted by molar-refractivity contribution is 9.13. The molecule has 0 aliphatic carbocycles. The van der Waals surface area contributed by atoms with Crippen molar-refractivity contribution in [2.24, 2.45) is 5.73 Å². The van der Waals surface area contributed by atoms with Crippen LogP contribution in [0.1, 0.15) is 32.4 Å². The van der Waals surface area contributed by atoms with E-state index >= 15 is 0 Å². The molecule has 0 bridgehead atoms. The van der Waals surface area contributed by atoms with Gasteiger partial charge in [-0.15, -0.1) is 0 Å². The van der Waals surface area contributed by atoms with Gasteiger partial charge < -0.3 is 20.6 Å². The molecule has 1 atom stereocenters. The molecule has 17 heteroatoms. The molecule has 12 N–H and O–H groups in total. The first-order valence-electron chi connectivity index (χ1n) is 11.1. The van der Waals surface area contributed by atoms with Crippen LogP contribution >= 0.6 is 63.7 Å². The highest BCUT2D eigenvalue weighted by atomic mass is 79.9. The second kappa shape index (κ2) is 11.9. The van der Waals surface area contributed by atoms with Crippen molar-refractivity contribution in [3.05, 3.63) is 71.3 Å². The van der Waals surface area contributed by atoms with Gasteiger partial charge in [0.2, 0.25) is 0 Å². The molecular weight excluding hydrogens is 772 g/mol. The van der Waals surface area contributed by atoms with E-state index in [1.54, 1.807) is 36.4 Å². The second-order valence-corrected chi connectivity index (χ2v) is 11.5. The summed E-state index contributed by atoms with van der Waals surface area (Å²) in [5.41, 5.74) is 12.0. The molecule has 39 heavy (non-hydrogen) atoms. The maximum atomic E-state index is 13.1. The summed E-state index contributed by atoms with van der Waals surface area (Å²) in [6.45, 7) is 0.310. The fraction of sp³-hybridized carbons (Fsp3) is 0.136. The average molecular weight is 794 g/mol. The summed E-state index contributed by atoms with van der Waals surface area (Å²) in [5.74, 6) is -0.853. The molecule has 4 rings (SSSR count). The molecule has 0 saturated heterocycles. The van der Waals surface area contributed by atoms with Crippen molar-refractivity contribution < 1.29 is 24.4 Å². The molecule has 3 amide bonds. The Labute approximate surface area is 254 Å². The molecule has 0 aromatic carbocycles. The van der Waals surface area contributed by atoms with Gasteiger partial charge in [0.05, 0.1) is 18.2 Å². The van der Waals surface area contributed by atoms with E-state index in [1.807, 2.05) is 0 Å².